The zero-order valence-corrected chi connectivity index (χ0v) is 11.6. The summed E-state index contributed by atoms with van der Waals surface area (Å²) in [6, 6.07) is 0. The van der Waals surface area contributed by atoms with Gasteiger partial charge in [-0.25, -0.2) is 19.7 Å². The van der Waals surface area contributed by atoms with E-state index in [0.717, 1.165) is 0 Å². The highest BCUT2D eigenvalue weighted by Crippen LogP contribution is 2.10. The number of carboxylic acid groups (broad SMARTS) is 1. The fourth-order valence-corrected chi connectivity index (χ4v) is 2.20. The van der Waals surface area contributed by atoms with Crippen LogP contribution in [-0.2, 0) is 6.42 Å². The average molecular weight is 313 g/mol. The lowest BCUT2D eigenvalue weighted by atomic mass is 10.4. The topological polar surface area (TPSA) is 105 Å². The highest BCUT2D eigenvalue weighted by molar-refractivity contribution is 7.09. The second kappa shape index (κ2) is 6.40. The maximum absolute atomic E-state index is 11.7. The summed E-state index contributed by atoms with van der Waals surface area (Å²) in [5, 5.41) is 13.7. The Morgan fingerprint density at radius 2 is 2.10 bits per heavy atom. The molecule has 0 aromatic carbocycles. The van der Waals surface area contributed by atoms with Gasteiger partial charge >= 0.3 is 5.97 Å². The molecule has 2 aromatic heterocycles. The Morgan fingerprint density at radius 1 is 1.30 bits per heavy atom. The van der Waals surface area contributed by atoms with Gasteiger partial charge < -0.3 is 10.4 Å². The summed E-state index contributed by atoms with van der Waals surface area (Å²) < 4.78 is 0. The van der Waals surface area contributed by atoms with Crippen LogP contribution in [0.1, 0.15) is 26.0 Å². The summed E-state index contributed by atoms with van der Waals surface area (Å²) >= 11 is 6.81. The molecule has 0 saturated heterocycles. The van der Waals surface area contributed by atoms with E-state index in [0.29, 0.717) is 18.0 Å². The molecule has 0 saturated carbocycles. The Hall–Kier alpha value is -2.06. The van der Waals surface area contributed by atoms with Crippen molar-refractivity contribution in [3.05, 3.63) is 39.3 Å². The monoisotopic (exact) mass is 312 g/mol. The van der Waals surface area contributed by atoms with E-state index in [1.807, 2.05) is 0 Å². The molecule has 2 N–H and O–H groups in total. The third-order valence-electron chi connectivity index (χ3n) is 2.25. The lowest BCUT2D eigenvalue weighted by Gasteiger charge is -2.02. The van der Waals surface area contributed by atoms with Gasteiger partial charge in [-0.15, -0.1) is 11.3 Å². The molecule has 0 bridgehead atoms. The second-order valence-electron chi connectivity index (χ2n) is 3.66. The van der Waals surface area contributed by atoms with Gasteiger partial charge in [-0.2, -0.15) is 0 Å². The van der Waals surface area contributed by atoms with Gasteiger partial charge in [0.25, 0.3) is 5.91 Å². The molecule has 0 atom stereocenters. The zero-order valence-electron chi connectivity index (χ0n) is 10.0. The minimum absolute atomic E-state index is 0.0138. The first kappa shape index (κ1) is 14.4. The third-order valence-corrected chi connectivity index (χ3v) is 3.35. The molecule has 2 aromatic rings. The van der Waals surface area contributed by atoms with E-state index in [9.17, 15) is 9.59 Å². The standard InChI is InChI=1S/C11H9ClN4O3S/c12-8-4-14-6(3-15-8)10(17)13-2-1-9-16-7(5-20-9)11(18)19/h3-5H,1-2H2,(H,13,17)(H,18,19). The van der Waals surface area contributed by atoms with Crippen molar-refractivity contribution >= 4 is 34.8 Å². The van der Waals surface area contributed by atoms with Gasteiger partial charge in [-0.3, -0.25) is 4.79 Å². The Labute approximate surface area is 122 Å². The number of hydrogen-bond donors (Lipinski definition) is 2. The maximum atomic E-state index is 11.7. The Kier molecular flexibility index (Phi) is 4.59. The van der Waals surface area contributed by atoms with Crippen LogP contribution in [0, 0.1) is 0 Å². The predicted octanol–water partition coefficient (Wildman–Crippen LogP) is 1.26. The summed E-state index contributed by atoms with van der Waals surface area (Å²) in [6.07, 6.45) is 3.02. The summed E-state index contributed by atoms with van der Waals surface area (Å²) in [7, 11) is 0. The van der Waals surface area contributed by atoms with Crippen molar-refractivity contribution in [2.75, 3.05) is 6.54 Å². The fourth-order valence-electron chi connectivity index (χ4n) is 1.33. The highest BCUT2D eigenvalue weighted by Gasteiger charge is 2.10. The molecule has 2 heterocycles. The van der Waals surface area contributed by atoms with Crippen LogP contribution in [-0.4, -0.2) is 38.5 Å². The van der Waals surface area contributed by atoms with Crippen molar-refractivity contribution in [3.63, 3.8) is 0 Å². The number of carboxylic acids is 1. The molecule has 0 spiro atoms. The molecule has 1 amide bonds. The molecule has 104 valence electrons. The summed E-state index contributed by atoms with van der Waals surface area (Å²) in [5.41, 5.74) is 0.180. The summed E-state index contributed by atoms with van der Waals surface area (Å²) in [4.78, 5) is 33.9. The zero-order chi connectivity index (χ0) is 14.5. The number of hydrogen-bond acceptors (Lipinski definition) is 6. The number of aromatic nitrogens is 3. The number of carbonyl (C=O) groups is 2. The van der Waals surface area contributed by atoms with Crippen LogP contribution in [0.15, 0.2) is 17.8 Å². The number of rotatable bonds is 5. The van der Waals surface area contributed by atoms with Gasteiger partial charge in [-0.1, -0.05) is 11.6 Å². The minimum atomic E-state index is -1.06. The van der Waals surface area contributed by atoms with Crippen molar-refractivity contribution in [3.8, 4) is 0 Å². The van der Waals surface area contributed by atoms with E-state index >= 15 is 0 Å². The Morgan fingerprint density at radius 3 is 2.70 bits per heavy atom. The van der Waals surface area contributed by atoms with Crippen LogP contribution < -0.4 is 5.32 Å². The number of halogens is 1. The smallest absolute Gasteiger partial charge is 0.355 e. The van der Waals surface area contributed by atoms with E-state index < -0.39 is 5.97 Å². The van der Waals surface area contributed by atoms with Crippen LogP contribution in [0.2, 0.25) is 5.15 Å². The van der Waals surface area contributed by atoms with E-state index in [2.05, 4.69) is 20.3 Å². The number of amides is 1. The molecule has 7 nitrogen and oxygen atoms in total. The van der Waals surface area contributed by atoms with Gasteiger partial charge in [0.2, 0.25) is 0 Å². The Balaban J connectivity index is 1.84. The van der Waals surface area contributed by atoms with Gasteiger partial charge in [-0.05, 0) is 0 Å². The van der Waals surface area contributed by atoms with E-state index in [4.69, 9.17) is 16.7 Å². The number of nitrogens with one attached hydrogen (secondary N) is 1. The van der Waals surface area contributed by atoms with E-state index in [1.165, 1.54) is 29.1 Å². The molecule has 0 radical (unpaired) electrons. The summed E-state index contributed by atoms with van der Waals surface area (Å²) in [5.74, 6) is -1.43. The van der Waals surface area contributed by atoms with Crippen molar-refractivity contribution in [1.82, 2.24) is 20.3 Å². The molecule has 0 aliphatic carbocycles. The van der Waals surface area contributed by atoms with Crippen LogP contribution in [0.5, 0.6) is 0 Å². The van der Waals surface area contributed by atoms with Gasteiger partial charge in [0.15, 0.2) is 5.69 Å². The summed E-state index contributed by atoms with van der Waals surface area (Å²) in [6.45, 7) is 0.329. The number of nitrogens with zero attached hydrogens (tertiary/aromatic N) is 3. The molecule has 0 unspecified atom stereocenters. The minimum Gasteiger partial charge on any atom is -0.476 e. The molecule has 0 aliphatic heterocycles. The molecule has 9 heteroatoms. The maximum Gasteiger partial charge on any atom is 0.355 e. The molecule has 0 fully saturated rings. The predicted molar refractivity (Wildman–Crippen MR) is 72.2 cm³/mol. The van der Waals surface area contributed by atoms with Crippen LogP contribution in [0.25, 0.3) is 0 Å². The molecule has 2 rings (SSSR count). The third kappa shape index (κ3) is 3.72. The first-order valence-electron chi connectivity index (χ1n) is 5.49. The quantitative estimate of drug-likeness (QED) is 0.861. The van der Waals surface area contributed by atoms with Crippen LogP contribution in [0.3, 0.4) is 0 Å². The van der Waals surface area contributed by atoms with E-state index in [1.54, 1.807) is 0 Å². The van der Waals surface area contributed by atoms with Crippen LogP contribution >= 0.6 is 22.9 Å². The largest absolute Gasteiger partial charge is 0.476 e. The van der Waals surface area contributed by atoms with Gasteiger partial charge in [0, 0.05) is 18.3 Å². The SMILES string of the molecule is O=C(O)c1csc(CCNC(=O)c2cnc(Cl)cn2)n1. The lowest BCUT2D eigenvalue weighted by molar-refractivity contribution is 0.0690. The normalized spacial score (nSPS) is 10.2. The molecule has 0 aliphatic rings. The number of carbonyl (C=O) groups excluding carboxylic acids is 1. The molecular weight excluding hydrogens is 304 g/mol. The first-order valence-corrected chi connectivity index (χ1v) is 6.75. The van der Waals surface area contributed by atoms with Gasteiger partial charge in [0.1, 0.15) is 10.8 Å². The lowest BCUT2D eigenvalue weighted by Crippen LogP contribution is -2.26. The Bertz CT molecular complexity index is 629. The number of aromatic carboxylic acids is 1. The van der Waals surface area contributed by atoms with Crippen molar-refractivity contribution < 1.29 is 14.7 Å². The fraction of sp³-hybridized carbons (Fsp3) is 0.182. The van der Waals surface area contributed by atoms with Crippen molar-refractivity contribution in [1.29, 1.82) is 0 Å². The van der Waals surface area contributed by atoms with E-state index in [-0.39, 0.29) is 22.4 Å². The van der Waals surface area contributed by atoms with Crippen molar-refractivity contribution in [2.45, 2.75) is 6.42 Å². The highest BCUT2D eigenvalue weighted by atomic mass is 35.5. The first-order chi connectivity index (χ1) is 9.56. The van der Waals surface area contributed by atoms with Gasteiger partial charge in [0.05, 0.1) is 17.4 Å². The second-order valence-corrected chi connectivity index (χ2v) is 4.99. The molecule has 20 heavy (non-hydrogen) atoms. The van der Waals surface area contributed by atoms with Crippen LogP contribution in [0.4, 0.5) is 0 Å². The number of thiazole rings is 1. The van der Waals surface area contributed by atoms with Crippen molar-refractivity contribution in [2.24, 2.45) is 0 Å². The average Bonchev–Trinajstić information content (AvgIpc) is 2.88. The molecular formula is C11H9ClN4O3S.